The van der Waals surface area contributed by atoms with Crippen molar-refractivity contribution < 1.29 is 0 Å². The lowest BCUT2D eigenvalue weighted by Crippen LogP contribution is -2.17. The van der Waals surface area contributed by atoms with Gasteiger partial charge in [0.2, 0.25) is 0 Å². The van der Waals surface area contributed by atoms with Crippen LogP contribution in [0.25, 0.3) is 12.2 Å². The zero-order valence-electron chi connectivity index (χ0n) is 11.0. The molecule has 0 saturated carbocycles. The van der Waals surface area contributed by atoms with Crippen LogP contribution in [0.15, 0.2) is 60.7 Å². The highest BCUT2D eigenvalue weighted by Crippen LogP contribution is 2.23. The summed E-state index contributed by atoms with van der Waals surface area (Å²) in [6.07, 6.45) is 8.72. The minimum Gasteiger partial charge on any atom is -0.375 e. The van der Waals surface area contributed by atoms with E-state index in [2.05, 4.69) is 85.1 Å². The highest BCUT2D eigenvalue weighted by Gasteiger charge is 2.08. The monoisotopic (exact) mass is 247 g/mol. The Morgan fingerprint density at radius 1 is 1.00 bits per heavy atom. The number of hydrogen-bond acceptors (Lipinski definition) is 1. The van der Waals surface area contributed by atoms with E-state index in [9.17, 15) is 0 Å². The van der Waals surface area contributed by atoms with Gasteiger partial charge in [0.25, 0.3) is 0 Å². The molecule has 19 heavy (non-hydrogen) atoms. The van der Waals surface area contributed by atoms with Crippen molar-refractivity contribution in [2.24, 2.45) is 0 Å². The number of hydrogen-bond donors (Lipinski definition) is 1. The molecule has 1 heteroatoms. The van der Waals surface area contributed by atoms with Gasteiger partial charge in [0.1, 0.15) is 0 Å². The van der Waals surface area contributed by atoms with Crippen molar-refractivity contribution in [2.45, 2.75) is 13.0 Å². The summed E-state index contributed by atoms with van der Waals surface area (Å²) in [4.78, 5) is 0. The molecule has 0 saturated heterocycles. The lowest BCUT2D eigenvalue weighted by atomic mass is 10.0. The molecule has 94 valence electrons. The quantitative estimate of drug-likeness (QED) is 0.823. The van der Waals surface area contributed by atoms with Crippen molar-refractivity contribution in [2.75, 3.05) is 5.32 Å². The van der Waals surface area contributed by atoms with E-state index in [1.165, 1.54) is 22.4 Å². The SMILES string of the molecule is Cc1ccc(/C=C/[C@@H]2C=Cc3ccccc3N2)cc1. The molecule has 0 amide bonds. The molecule has 0 unspecified atom stereocenters. The van der Waals surface area contributed by atoms with Gasteiger partial charge >= 0.3 is 0 Å². The predicted molar refractivity (Wildman–Crippen MR) is 83.1 cm³/mol. The maximum Gasteiger partial charge on any atom is 0.0635 e. The minimum absolute atomic E-state index is 0.260. The Hall–Kier alpha value is -2.28. The fraction of sp³-hybridized carbons (Fsp3) is 0.111. The molecular weight excluding hydrogens is 230 g/mol. The Bertz CT molecular complexity index is 620. The van der Waals surface area contributed by atoms with Crippen molar-refractivity contribution in [3.05, 3.63) is 77.4 Å². The summed E-state index contributed by atoms with van der Waals surface area (Å²) in [6, 6.07) is 17.2. The largest absolute Gasteiger partial charge is 0.375 e. The summed E-state index contributed by atoms with van der Waals surface area (Å²) >= 11 is 0. The van der Waals surface area contributed by atoms with Crippen molar-refractivity contribution in [1.29, 1.82) is 0 Å². The first-order valence-electron chi connectivity index (χ1n) is 6.60. The number of aryl methyl sites for hydroxylation is 1. The molecule has 1 aliphatic rings. The first-order chi connectivity index (χ1) is 9.31. The summed E-state index contributed by atoms with van der Waals surface area (Å²) in [7, 11) is 0. The number of fused-ring (bicyclic) bond motifs is 1. The van der Waals surface area contributed by atoms with Gasteiger partial charge in [-0.3, -0.25) is 0 Å². The van der Waals surface area contributed by atoms with E-state index in [1.807, 2.05) is 0 Å². The molecule has 0 aromatic heterocycles. The molecule has 0 aliphatic carbocycles. The molecular formula is C18H17N. The zero-order valence-corrected chi connectivity index (χ0v) is 11.0. The fourth-order valence-electron chi connectivity index (χ4n) is 2.21. The van der Waals surface area contributed by atoms with Crippen molar-refractivity contribution in [3.63, 3.8) is 0 Å². The zero-order chi connectivity index (χ0) is 13.1. The first kappa shape index (κ1) is 11.8. The van der Waals surface area contributed by atoms with Crippen LogP contribution >= 0.6 is 0 Å². The molecule has 2 aromatic rings. The van der Waals surface area contributed by atoms with E-state index in [0.29, 0.717) is 0 Å². The second-order valence-electron chi connectivity index (χ2n) is 4.89. The Morgan fingerprint density at radius 3 is 2.63 bits per heavy atom. The van der Waals surface area contributed by atoms with Gasteiger partial charge in [0, 0.05) is 5.69 Å². The number of benzene rings is 2. The molecule has 1 atom stereocenters. The van der Waals surface area contributed by atoms with Crippen LogP contribution in [0, 0.1) is 6.92 Å². The Kier molecular flexibility index (Phi) is 3.20. The highest BCUT2D eigenvalue weighted by molar-refractivity contribution is 5.72. The summed E-state index contributed by atoms with van der Waals surface area (Å²) in [5.41, 5.74) is 4.98. The number of rotatable bonds is 2. The lowest BCUT2D eigenvalue weighted by Gasteiger charge is -2.19. The molecule has 1 N–H and O–H groups in total. The topological polar surface area (TPSA) is 12.0 Å². The second-order valence-corrected chi connectivity index (χ2v) is 4.89. The third-order valence-electron chi connectivity index (χ3n) is 3.34. The second kappa shape index (κ2) is 5.15. The average Bonchev–Trinajstić information content (AvgIpc) is 2.46. The molecule has 1 nitrogen and oxygen atoms in total. The molecule has 3 rings (SSSR count). The lowest BCUT2D eigenvalue weighted by molar-refractivity contribution is 1.11. The smallest absolute Gasteiger partial charge is 0.0635 e. The molecule has 0 radical (unpaired) electrons. The fourth-order valence-corrected chi connectivity index (χ4v) is 2.21. The maximum absolute atomic E-state index is 3.50. The van der Waals surface area contributed by atoms with Gasteiger partial charge in [-0.15, -0.1) is 0 Å². The summed E-state index contributed by atoms with van der Waals surface area (Å²) < 4.78 is 0. The summed E-state index contributed by atoms with van der Waals surface area (Å²) in [6.45, 7) is 2.11. The Labute approximate surface area is 114 Å². The number of anilines is 1. The van der Waals surface area contributed by atoms with Gasteiger partial charge in [-0.1, -0.05) is 72.3 Å². The predicted octanol–water partition coefficient (Wildman–Crippen LogP) is 4.52. The van der Waals surface area contributed by atoms with E-state index in [-0.39, 0.29) is 6.04 Å². The molecule has 2 aromatic carbocycles. The van der Waals surface area contributed by atoms with Gasteiger partial charge in [-0.05, 0) is 24.1 Å². The van der Waals surface area contributed by atoms with Crippen LogP contribution in [0.3, 0.4) is 0 Å². The number of para-hydroxylation sites is 1. The van der Waals surface area contributed by atoms with E-state index in [1.54, 1.807) is 0 Å². The van der Waals surface area contributed by atoms with E-state index in [0.717, 1.165) is 0 Å². The maximum atomic E-state index is 3.50. The molecule has 0 spiro atoms. The van der Waals surface area contributed by atoms with Crippen LogP contribution in [-0.2, 0) is 0 Å². The van der Waals surface area contributed by atoms with Crippen molar-refractivity contribution in [3.8, 4) is 0 Å². The Morgan fingerprint density at radius 2 is 1.79 bits per heavy atom. The molecule has 0 fully saturated rings. The standard InChI is InChI=1S/C18H17N/c1-14-6-8-15(9-7-14)10-12-17-13-11-16-4-2-3-5-18(16)19-17/h2-13,17,19H,1H3/b12-10+/t17-/m1/s1. The molecule has 1 heterocycles. The van der Waals surface area contributed by atoms with Crippen molar-refractivity contribution >= 4 is 17.8 Å². The van der Waals surface area contributed by atoms with E-state index >= 15 is 0 Å². The van der Waals surface area contributed by atoms with Crippen LogP contribution in [0.1, 0.15) is 16.7 Å². The minimum atomic E-state index is 0.260. The van der Waals surface area contributed by atoms with Crippen LogP contribution in [-0.4, -0.2) is 6.04 Å². The number of nitrogens with one attached hydrogen (secondary N) is 1. The van der Waals surface area contributed by atoms with E-state index in [4.69, 9.17) is 0 Å². The van der Waals surface area contributed by atoms with Crippen LogP contribution < -0.4 is 5.32 Å². The van der Waals surface area contributed by atoms with Crippen molar-refractivity contribution in [1.82, 2.24) is 0 Å². The normalized spacial score (nSPS) is 17.2. The first-order valence-corrected chi connectivity index (χ1v) is 6.60. The average molecular weight is 247 g/mol. The van der Waals surface area contributed by atoms with Gasteiger partial charge < -0.3 is 5.32 Å². The summed E-state index contributed by atoms with van der Waals surface area (Å²) in [5.74, 6) is 0. The van der Waals surface area contributed by atoms with Gasteiger partial charge in [0.15, 0.2) is 0 Å². The molecule has 1 aliphatic heterocycles. The highest BCUT2D eigenvalue weighted by atomic mass is 14.9. The van der Waals surface area contributed by atoms with Gasteiger partial charge in [-0.2, -0.15) is 0 Å². The van der Waals surface area contributed by atoms with E-state index < -0.39 is 0 Å². The third-order valence-corrected chi connectivity index (χ3v) is 3.34. The molecule has 0 bridgehead atoms. The van der Waals surface area contributed by atoms with Gasteiger partial charge in [-0.25, -0.2) is 0 Å². The van der Waals surface area contributed by atoms with Crippen LogP contribution in [0.4, 0.5) is 5.69 Å². The van der Waals surface area contributed by atoms with Crippen LogP contribution in [0.2, 0.25) is 0 Å². The third kappa shape index (κ3) is 2.76. The summed E-state index contributed by atoms with van der Waals surface area (Å²) in [5, 5.41) is 3.50. The Balaban J connectivity index is 1.74. The van der Waals surface area contributed by atoms with Crippen LogP contribution in [0.5, 0.6) is 0 Å². The van der Waals surface area contributed by atoms with Gasteiger partial charge in [0.05, 0.1) is 6.04 Å².